The Kier molecular flexibility index (Phi) is 6.54. The van der Waals surface area contributed by atoms with Crippen LogP contribution < -0.4 is 15.8 Å². The lowest BCUT2D eigenvalue weighted by molar-refractivity contribution is 0.0794. The van der Waals surface area contributed by atoms with Crippen molar-refractivity contribution >= 4 is 23.1 Å². The van der Waals surface area contributed by atoms with E-state index in [1.54, 1.807) is 20.8 Å². The van der Waals surface area contributed by atoms with Gasteiger partial charge >= 0.3 is 0 Å². The zero-order valence-corrected chi connectivity index (χ0v) is 19.4. The fraction of sp³-hybridized carbons (Fsp3) is 0.435. The lowest BCUT2D eigenvalue weighted by Crippen LogP contribution is -2.34. The van der Waals surface area contributed by atoms with E-state index in [0.717, 1.165) is 0 Å². The number of hydrogen-bond donors (Lipinski definition) is 2. The van der Waals surface area contributed by atoms with Crippen molar-refractivity contribution < 1.29 is 18.3 Å². The molecule has 2 aliphatic rings. The molecular formula is C23H26ClF2N5O2. The van der Waals surface area contributed by atoms with E-state index >= 15 is 0 Å². The minimum Gasteiger partial charge on any atom is -0.491 e. The molecule has 0 radical (unpaired) electrons. The summed E-state index contributed by atoms with van der Waals surface area (Å²) in [4.78, 5) is 23.7. The third-order valence-electron chi connectivity index (χ3n) is 6.00. The summed E-state index contributed by atoms with van der Waals surface area (Å²) in [5, 5.41) is 3.59. The maximum absolute atomic E-state index is 13.9. The van der Waals surface area contributed by atoms with Gasteiger partial charge in [-0.3, -0.25) is 4.79 Å². The number of nitrogens with two attached hydrogens (primary N) is 1. The number of rotatable bonds is 5. The summed E-state index contributed by atoms with van der Waals surface area (Å²) < 4.78 is 33.5. The van der Waals surface area contributed by atoms with Gasteiger partial charge in [0, 0.05) is 29.4 Å². The molecule has 0 bridgehead atoms. The highest BCUT2D eigenvalue weighted by atomic mass is 35.5. The predicted octanol–water partition coefficient (Wildman–Crippen LogP) is 3.18. The molecule has 3 unspecified atom stereocenters. The van der Waals surface area contributed by atoms with Gasteiger partial charge in [-0.2, -0.15) is 0 Å². The van der Waals surface area contributed by atoms with E-state index in [1.165, 1.54) is 23.1 Å². The monoisotopic (exact) mass is 477 g/mol. The van der Waals surface area contributed by atoms with Crippen LogP contribution in [0.25, 0.3) is 5.57 Å². The molecule has 176 valence electrons. The molecule has 33 heavy (non-hydrogen) atoms. The van der Waals surface area contributed by atoms with E-state index in [2.05, 4.69) is 15.3 Å². The molecule has 1 saturated heterocycles. The molecule has 2 aliphatic heterocycles. The Morgan fingerprint density at radius 3 is 2.64 bits per heavy atom. The normalized spacial score (nSPS) is 22.8. The number of aryl methyl sites for hydroxylation is 2. The number of amides is 1. The Morgan fingerprint density at radius 2 is 2.00 bits per heavy atom. The summed E-state index contributed by atoms with van der Waals surface area (Å²) in [6.07, 6.45) is -0.665. The second-order valence-electron chi connectivity index (χ2n) is 8.55. The van der Waals surface area contributed by atoms with Gasteiger partial charge in [-0.1, -0.05) is 11.6 Å². The van der Waals surface area contributed by atoms with Crippen LogP contribution in [-0.4, -0.2) is 58.7 Å². The van der Waals surface area contributed by atoms with Crippen molar-refractivity contribution in [2.75, 3.05) is 19.7 Å². The van der Waals surface area contributed by atoms with Crippen molar-refractivity contribution in [3.63, 3.8) is 0 Å². The number of carbonyl (C=O) groups is 1. The van der Waals surface area contributed by atoms with Crippen molar-refractivity contribution in [3.05, 3.63) is 57.5 Å². The SMILES string of the molecule is Cc1nc(C2=C(N)CN(C(=O)c3ccc(F)cc3OCC3CC(F)C(C)N3)C2)nc(C)c1Cl. The molecule has 0 saturated carbocycles. The highest BCUT2D eigenvalue weighted by molar-refractivity contribution is 6.31. The van der Waals surface area contributed by atoms with Crippen LogP contribution >= 0.6 is 11.6 Å². The van der Waals surface area contributed by atoms with Gasteiger partial charge < -0.3 is 20.7 Å². The molecule has 10 heteroatoms. The average molecular weight is 478 g/mol. The molecule has 4 rings (SSSR count). The first-order chi connectivity index (χ1) is 15.6. The number of aromatic nitrogens is 2. The van der Waals surface area contributed by atoms with Crippen LogP contribution in [0.5, 0.6) is 5.75 Å². The quantitative estimate of drug-likeness (QED) is 0.687. The number of carbonyl (C=O) groups excluding carboxylic acids is 1. The van der Waals surface area contributed by atoms with Gasteiger partial charge in [-0.05, 0) is 39.3 Å². The first-order valence-corrected chi connectivity index (χ1v) is 11.1. The standard InChI is InChI=1S/C23H26ClF2N5O2/c1-11-18(26)7-15(28-11)10-33-20-6-14(25)4-5-16(20)23(32)31-8-17(19(27)9-31)22-29-12(2)21(24)13(3)30-22/h4-6,11,15,18,28H,7-10,27H2,1-3H3. The van der Waals surface area contributed by atoms with E-state index in [4.69, 9.17) is 22.1 Å². The molecule has 1 aromatic carbocycles. The molecule has 3 atom stereocenters. The lowest BCUT2D eigenvalue weighted by Gasteiger charge is -2.20. The molecule has 3 heterocycles. The van der Waals surface area contributed by atoms with Gasteiger partial charge in [-0.15, -0.1) is 0 Å². The molecule has 1 aromatic heterocycles. The number of benzene rings is 1. The van der Waals surface area contributed by atoms with E-state index in [-0.39, 0.29) is 49.0 Å². The molecule has 3 N–H and O–H groups in total. The van der Waals surface area contributed by atoms with Gasteiger partial charge in [0.05, 0.1) is 35.1 Å². The molecular weight excluding hydrogens is 452 g/mol. The van der Waals surface area contributed by atoms with Gasteiger partial charge in [0.2, 0.25) is 0 Å². The molecule has 0 aliphatic carbocycles. The van der Waals surface area contributed by atoms with E-state index < -0.39 is 12.0 Å². The lowest BCUT2D eigenvalue weighted by atomic mass is 10.1. The van der Waals surface area contributed by atoms with E-state index in [0.29, 0.717) is 39.9 Å². The Balaban J connectivity index is 1.51. The van der Waals surface area contributed by atoms with Crippen LogP contribution in [0.3, 0.4) is 0 Å². The van der Waals surface area contributed by atoms with Gasteiger partial charge in [0.1, 0.15) is 24.3 Å². The number of alkyl halides is 1. The summed E-state index contributed by atoms with van der Waals surface area (Å²) >= 11 is 6.17. The fourth-order valence-electron chi connectivity index (χ4n) is 4.13. The summed E-state index contributed by atoms with van der Waals surface area (Å²) in [6.45, 7) is 5.83. The fourth-order valence-corrected chi connectivity index (χ4v) is 4.22. The summed E-state index contributed by atoms with van der Waals surface area (Å²) in [5.41, 5.74) is 8.81. The molecule has 2 aromatic rings. The Hall–Kier alpha value is -2.78. The highest BCUT2D eigenvalue weighted by Crippen LogP contribution is 2.29. The van der Waals surface area contributed by atoms with Crippen LogP contribution in [0.1, 0.15) is 40.9 Å². The Bertz CT molecular complexity index is 1090. The topological polar surface area (TPSA) is 93.4 Å². The maximum atomic E-state index is 13.9. The van der Waals surface area contributed by atoms with Gasteiger partial charge in [0.15, 0.2) is 5.82 Å². The van der Waals surface area contributed by atoms with Crippen LogP contribution in [0.15, 0.2) is 23.9 Å². The Morgan fingerprint density at radius 1 is 1.30 bits per heavy atom. The molecule has 1 fully saturated rings. The molecule has 0 spiro atoms. The van der Waals surface area contributed by atoms with E-state index in [9.17, 15) is 13.6 Å². The second-order valence-corrected chi connectivity index (χ2v) is 8.93. The summed E-state index contributed by atoms with van der Waals surface area (Å²) in [6, 6.07) is 3.27. The number of ether oxygens (including phenoxy) is 1. The van der Waals surface area contributed by atoms with Crippen LogP contribution in [0.2, 0.25) is 5.02 Å². The zero-order valence-electron chi connectivity index (χ0n) is 18.7. The van der Waals surface area contributed by atoms with Gasteiger partial charge in [0.25, 0.3) is 5.91 Å². The number of hydrogen-bond acceptors (Lipinski definition) is 6. The Labute approximate surface area is 196 Å². The van der Waals surface area contributed by atoms with Crippen molar-refractivity contribution in [2.24, 2.45) is 5.73 Å². The van der Waals surface area contributed by atoms with Crippen molar-refractivity contribution in [1.82, 2.24) is 20.2 Å². The van der Waals surface area contributed by atoms with Crippen LogP contribution in [0, 0.1) is 19.7 Å². The molecule has 1 amide bonds. The number of nitrogens with zero attached hydrogens (tertiary/aromatic N) is 3. The maximum Gasteiger partial charge on any atom is 0.258 e. The minimum absolute atomic E-state index is 0.109. The minimum atomic E-state index is -0.966. The first kappa shape index (κ1) is 23.4. The van der Waals surface area contributed by atoms with Crippen LogP contribution in [0.4, 0.5) is 8.78 Å². The smallest absolute Gasteiger partial charge is 0.258 e. The summed E-state index contributed by atoms with van der Waals surface area (Å²) in [7, 11) is 0. The predicted molar refractivity (Wildman–Crippen MR) is 121 cm³/mol. The van der Waals surface area contributed by atoms with Crippen molar-refractivity contribution in [2.45, 2.75) is 45.4 Å². The summed E-state index contributed by atoms with van der Waals surface area (Å²) in [5.74, 6) is -0.349. The first-order valence-electron chi connectivity index (χ1n) is 10.7. The highest BCUT2D eigenvalue weighted by Gasteiger charge is 2.32. The number of nitrogens with one attached hydrogen (secondary N) is 1. The zero-order chi connectivity index (χ0) is 23.9. The van der Waals surface area contributed by atoms with E-state index in [1.807, 2.05) is 0 Å². The third-order valence-corrected chi connectivity index (χ3v) is 6.55. The van der Waals surface area contributed by atoms with Crippen molar-refractivity contribution in [3.8, 4) is 5.75 Å². The average Bonchev–Trinajstić information content (AvgIpc) is 3.31. The van der Waals surface area contributed by atoms with Crippen molar-refractivity contribution in [1.29, 1.82) is 0 Å². The largest absolute Gasteiger partial charge is 0.491 e. The molecule has 7 nitrogen and oxygen atoms in total. The van der Waals surface area contributed by atoms with Crippen LogP contribution in [-0.2, 0) is 0 Å². The third kappa shape index (κ3) is 4.79. The second kappa shape index (κ2) is 9.23. The van der Waals surface area contributed by atoms with Gasteiger partial charge in [-0.25, -0.2) is 18.7 Å². The number of halogens is 3.